The van der Waals surface area contributed by atoms with Gasteiger partial charge in [0.2, 0.25) is 0 Å². The monoisotopic (exact) mass is 470 g/mol. The molecule has 0 amide bonds. The first-order valence-electron chi connectivity index (χ1n) is 13.6. The molecule has 0 aromatic carbocycles. The first-order valence-corrected chi connectivity index (χ1v) is 13.6. The van der Waals surface area contributed by atoms with Crippen LogP contribution in [-0.4, -0.2) is 33.5 Å². The van der Waals surface area contributed by atoms with E-state index < -0.39 is 23.6 Å². The summed E-state index contributed by atoms with van der Waals surface area (Å²) < 4.78 is 0. The minimum Gasteiger partial charge on any atom is -0.481 e. The topological polar surface area (TPSA) is 77.8 Å². The van der Waals surface area contributed by atoms with Crippen LogP contribution in [0.1, 0.15) is 99.8 Å². The van der Waals surface area contributed by atoms with Crippen LogP contribution in [-0.2, 0) is 4.79 Å². The fraction of sp³-hybridized carbons (Fsp3) is 0.833. The lowest BCUT2D eigenvalue weighted by Gasteiger charge is -2.69. The minimum atomic E-state index is -0.704. The third-order valence-corrected chi connectivity index (χ3v) is 12.4. The van der Waals surface area contributed by atoms with Gasteiger partial charge in [-0.25, -0.2) is 0 Å². The van der Waals surface area contributed by atoms with E-state index in [1.807, 2.05) is 0 Å². The Labute approximate surface area is 205 Å². The molecule has 0 bridgehead atoms. The molecule has 3 fully saturated rings. The number of aliphatic carboxylic acids is 1. The van der Waals surface area contributed by atoms with Crippen LogP contribution < -0.4 is 0 Å². The van der Waals surface area contributed by atoms with Gasteiger partial charge < -0.3 is 15.3 Å². The van der Waals surface area contributed by atoms with E-state index in [4.69, 9.17) is 0 Å². The third kappa shape index (κ3) is 2.82. The summed E-state index contributed by atoms with van der Waals surface area (Å²) in [6.07, 6.45) is 10.3. The molecule has 8 unspecified atom stereocenters. The maximum Gasteiger partial charge on any atom is 0.313 e. The lowest BCUT2D eigenvalue weighted by atomic mass is 9.35. The predicted octanol–water partition coefficient (Wildman–Crippen LogP) is 6.12. The Balaban J connectivity index is 1.68. The quantitative estimate of drug-likeness (QED) is 0.431. The number of hydrogen-bond donors (Lipinski definition) is 3. The number of carbonyl (C=O) groups is 1. The fourth-order valence-corrected chi connectivity index (χ4v) is 10.1. The molecule has 4 nitrogen and oxygen atoms in total. The molecule has 34 heavy (non-hydrogen) atoms. The summed E-state index contributed by atoms with van der Waals surface area (Å²) in [6.45, 7) is 16.1. The van der Waals surface area contributed by atoms with Crippen LogP contribution in [0.25, 0.3) is 0 Å². The van der Waals surface area contributed by atoms with Gasteiger partial charge in [-0.1, -0.05) is 60.6 Å². The number of aliphatic hydroxyl groups is 2. The second-order valence-corrected chi connectivity index (χ2v) is 14.8. The number of hydrogen-bond acceptors (Lipinski definition) is 3. The average molecular weight is 471 g/mol. The van der Waals surface area contributed by atoms with Crippen LogP contribution in [0, 0.1) is 44.3 Å². The van der Waals surface area contributed by atoms with Crippen molar-refractivity contribution in [1.29, 1.82) is 0 Å². The second kappa shape index (κ2) is 7.00. The lowest BCUT2D eigenvalue weighted by molar-refractivity contribution is -0.217. The number of allylic oxidation sites excluding steroid dienone is 3. The molecule has 5 aliphatic carbocycles. The molecule has 5 aliphatic rings. The maximum absolute atomic E-state index is 12.7. The highest BCUT2D eigenvalue weighted by Crippen LogP contribution is 2.74. The summed E-state index contributed by atoms with van der Waals surface area (Å²) in [5.74, 6) is 0.00716. The maximum atomic E-state index is 12.7. The van der Waals surface area contributed by atoms with Crippen molar-refractivity contribution in [3.05, 3.63) is 23.3 Å². The van der Waals surface area contributed by atoms with E-state index in [0.717, 1.165) is 44.9 Å². The molecule has 3 N–H and O–H groups in total. The summed E-state index contributed by atoms with van der Waals surface area (Å²) in [5.41, 5.74) is 1.43. The SMILES string of the molecule is CC1(C)CCC2(C(=O)O)CCC3(C)C(=C2C1)C=CC1C2(C)CC(O)C(O)C(C)(C)C2CCC13C. The molecule has 0 heterocycles. The zero-order chi connectivity index (χ0) is 25.1. The normalized spacial score (nSPS) is 51.1. The molecule has 0 spiro atoms. The van der Waals surface area contributed by atoms with E-state index >= 15 is 0 Å². The molecule has 0 aromatic rings. The van der Waals surface area contributed by atoms with Crippen molar-refractivity contribution in [1.82, 2.24) is 0 Å². The predicted molar refractivity (Wildman–Crippen MR) is 134 cm³/mol. The number of carboxylic acids is 1. The van der Waals surface area contributed by atoms with Crippen molar-refractivity contribution in [3.63, 3.8) is 0 Å². The first kappa shape index (κ1) is 24.6. The van der Waals surface area contributed by atoms with E-state index in [2.05, 4.69) is 60.6 Å². The van der Waals surface area contributed by atoms with Gasteiger partial charge in [0.05, 0.1) is 17.6 Å². The van der Waals surface area contributed by atoms with Crippen LogP contribution >= 0.6 is 0 Å². The molecule has 4 heteroatoms. The fourth-order valence-electron chi connectivity index (χ4n) is 10.1. The van der Waals surface area contributed by atoms with Crippen LogP contribution in [0.15, 0.2) is 23.3 Å². The van der Waals surface area contributed by atoms with Crippen molar-refractivity contribution in [2.75, 3.05) is 0 Å². The Morgan fingerprint density at radius 1 is 0.941 bits per heavy atom. The van der Waals surface area contributed by atoms with Crippen molar-refractivity contribution in [2.24, 2.45) is 44.3 Å². The molecule has 3 saturated carbocycles. The van der Waals surface area contributed by atoms with E-state index in [1.54, 1.807) is 0 Å². The van der Waals surface area contributed by atoms with Crippen molar-refractivity contribution in [2.45, 2.75) is 112 Å². The van der Waals surface area contributed by atoms with E-state index in [-0.39, 0.29) is 27.1 Å². The van der Waals surface area contributed by atoms with E-state index in [1.165, 1.54) is 11.1 Å². The highest BCUT2D eigenvalue weighted by Gasteiger charge is 2.68. The van der Waals surface area contributed by atoms with Gasteiger partial charge in [-0.2, -0.15) is 0 Å². The summed E-state index contributed by atoms with van der Waals surface area (Å²) in [6, 6.07) is 0. The molecule has 0 aromatic heterocycles. The minimum absolute atomic E-state index is 0.000318. The lowest BCUT2D eigenvalue weighted by Crippen LogP contribution is -2.65. The van der Waals surface area contributed by atoms with Gasteiger partial charge in [-0.05, 0) is 101 Å². The van der Waals surface area contributed by atoms with Crippen molar-refractivity contribution in [3.8, 4) is 0 Å². The van der Waals surface area contributed by atoms with Gasteiger partial charge in [0, 0.05) is 0 Å². The molecule has 0 aliphatic heterocycles. The van der Waals surface area contributed by atoms with Crippen LogP contribution in [0.4, 0.5) is 0 Å². The summed E-state index contributed by atoms with van der Waals surface area (Å²) in [4.78, 5) is 12.7. The summed E-state index contributed by atoms with van der Waals surface area (Å²) >= 11 is 0. The van der Waals surface area contributed by atoms with Crippen LogP contribution in [0.2, 0.25) is 0 Å². The zero-order valence-corrected chi connectivity index (χ0v) is 22.4. The van der Waals surface area contributed by atoms with Gasteiger partial charge in [0.25, 0.3) is 0 Å². The van der Waals surface area contributed by atoms with E-state index in [0.29, 0.717) is 18.3 Å². The Hall–Kier alpha value is -1.13. The molecule has 0 radical (unpaired) electrons. The summed E-state index contributed by atoms with van der Waals surface area (Å²) in [5, 5.41) is 32.3. The number of carboxylic acid groups (broad SMARTS) is 1. The van der Waals surface area contributed by atoms with Gasteiger partial charge in [-0.3, -0.25) is 4.79 Å². The van der Waals surface area contributed by atoms with Crippen molar-refractivity contribution < 1.29 is 20.1 Å². The number of fused-ring (bicyclic) bond motifs is 6. The highest BCUT2D eigenvalue weighted by molar-refractivity contribution is 5.80. The van der Waals surface area contributed by atoms with Crippen molar-refractivity contribution >= 4 is 5.97 Å². The Kier molecular flexibility index (Phi) is 5.06. The van der Waals surface area contributed by atoms with E-state index in [9.17, 15) is 20.1 Å². The largest absolute Gasteiger partial charge is 0.481 e. The Morgan fingerprint density at radius 2 is 1.59 bits per heavy atom. The van der Waals surface area contributed by atoms with Gasteiger partial charge in [-0.15, -0.1) is 0 Å². The molecule has 8 atom stereocenters. The van der Waals surface area contributed by atoms with Gasteiger partial charge in [0.15, 0.2) is 0 Å². The molecule has 190 valence electrons. The molecular formula is C30H46O4. The molecule has 0 saturated heterocycles. The number of rotatable bonds is 1. The van der Waals surface area contributed by atoms with Crippen LogP contribution in [0.3, 0.4) is 0 Å². The highest BCUT2D eigenvalue weighted by atomic mass is 16.4. The Bertz CT molecular complexity index is 974. The van der Waals surface area contributed by atoms with Gasteiger partial charge in [0.1, 0.15) is 0 Å². The Morgan fingerprint density at radius 3 is 2.24 bits per heavy atom. The molecular weight excluding hydrogens is 424 g/mol. The first-order chi connectivity index (χ1) is 15.6. The molecule has 5 rings (SSSR count). The summed E-state index contributed by atoms with van der Waals surface area (Å²) in [7, 11) is 0. The van der Waals surface area contributed by atoms with Gasteiger partial charge >= 0.3 is 5.97 Å². The number of aliphatic hydroxyl groups excluding tert-OH is 2. The smallest absolute Gasteiger partial charge is 0.313 e. The third-order valence-electron chi connectivity index (χ3n) is 12.4. The standard InChI is InChI=1S/C30H46O4/c1-25(2)12-14-30(24(33)34)15-13-28(6)18(19(30)16-25)8-9-22-27(5)17-20(31)23(32)26(3,4)21(27)10-11-29(22,28)7/h8-9,20-23,31-32H,10-17H2,1-7H3,(H,33,34). The zero-order valence-electron chi connectivity index (χ0n) is 22.4. The average Bonchev–Trinajstić information content (AvgIpc) is 2.72. The second-order valence-electron chi connectivity index (χ2n) is 14.8. The van der Waals surface area contributed by atoms with Crippen LogP contribution in [0.5, 0.6) is 0 Å².